The Kier molecular flexibility index (Phi) is 7.65. The highest BCUT2D eigenvalue weighted by atomic mass is 127. The zero-order valence-electron chi connectivity index (χ0n) is 24.2. The summed E-state index contributed by atoms with van der Waals surface area (Å²) in [6.07, 6.45) is 4.15. The molecule has 4 aromatic rings. The van der Waals surface area contributed by atoms with Crippen LogP contribution in [0.2, 0.25) is 10.2 Å². The highest BCUT2D eigenvalue weighted by Crippen LogP contribution is 2.55. The summed E-state index contributed by atoms with van der Waals surface area (Å²) in [5.41, 5.74) is 0.545. The molecule has 9 heteroatoms. The van der Waals surface area contributed by atoms with E-state index >= 15 is 0 Å². The molecule has 2 aliphatic rings. The van der Waals surface area contributed by atoms with E-state index < -0.39 is 14.1 Å². The van der Waals surface area contributed by atoms with E-state index in [-0.39, 0.29) is 28.7 Å². The van der Waals surface area contributed by atoms with Crippen LogP contribution in [0.1, 0.15) is 47.1 Å². The van der Waals surface area contributed by atoms with Gasteiger partial charge in [-0.15, -0.1) is 0 Å². The van der Waals surface area contributed by atoms with Gasteiger partial charge in [0.15, 0.2) is 5.79 Å². The van der Waals surface area contributed by atoms with Crippen LogP contribution in [-0.4, -0.2) is 51.9 Å². The van der Waals surface area contributed by atoms with E-state index in [1.54, 1.807) is 0 Å². The van der Waals surface area contributed by atoms with Crippen LogP contribution < -0.4 is 10.4 Å². The monoisotopic (exact) mass is 701 g/mol. The molecule has 1 unspecified atom stereocenters. The van der Waals surface area contributed by atoms with Crippen molar-refractivity contribution < 1.29 is 13.9 Å². The molecule has 6 rings (SSSR count). The molecule has 1 saturated carbocycles. The van der Waals surface area contributed by atoms with Crippen molar-refractivity contribution in [3.8, 4) is 0 Å². The second kappa shape index (κ2) is 10.7. The van der Waals surface area contributed by atoms with Gasteiger partial charge in [0.2, 0.25) is 0 Å². The molecule has 6 nitrogen and oxygen atoms in total. The van der Waals surface area contributed by atoms with Crippen LogP contribution in [0.15, 0.2) is 79.3 Å². The van der Waals surface area contributed by atoms with Crippen molar-refractivity contribution in [3.63, 3.8) is 0 Å². The van der Waals surface area contributed by atoms with Crippen LogP contribution in [-0.2, 0) is 13.9 Å². The molecular weight excluding hydrogens is 665 g/mol. The molecule has 0 radical (unpaired) electrons. The first kappa shape index (κ1) is 29.3. The van der Waals surface area contributed by atoms with Gasteiger partial charge in [-0.25, -0.2) is 9.97 Å². The van der Waals surface area contributed by atoms with E-state index in [1.165, 1.54) is 16.7 Å². The van der Waals surface area contributed by atoms with Crippen molar-refractivity contribution >= 4 is 63.9 Å². The summed E-state index contributed by atoms with van der Waals surface area (Å²) in [6.45, 7) is 11.6. The normalized spacial score (nSPS) is 26.0. The largest absolute Gasteiger partial charge is 0.407 e. The van der Waals surface area contributed by atoms with Gasteiger partial charge in [0.1, 0.15) is 23.2 Å². The third kappa shape index (κ3) is 4.88. The smallest absolute Gasteiger partial charge is 0.261 e. The maximum atomic E-state index is 7.54. The maximum Gasteiger partial charge on any atom is 0.261 e. The molecule has 216 valence electrons. The van der Waals surface area contributed by atoms with Gasteiger partial charge in [-0.3, -0.25) is 0 Å². The minimum Gasteiger partial charge on any atom is -0.407 e. The number of benzene rings is 2. The minimum atomic E-state index is -2.74. The second-order valence-electron chi connectivity index (χ2n) is 12.9. The molecule has 0 bridgehead atoms. The zero-order valence-corrected chi connectivity index (χ0v) is 28.1. The first-order valence-electron chi connectivity index (χ1n) is 14.1. The van der Waals surface area contributed by atoms with Crippen molar-refractivity contribution in [3.05, 3.63) is 84.4 Å². The highest BCUT2D eigenvalue weighted by Gasteiger charge is 2.63. The fourth-order valence-corrected chi connectivity index (χ4v) is 12.8. The molecule has 0 spiro atoms. The van der Waals surface area contributed by atoms with Gasteiger partial charge in [-0.2, -0.15) is 0 Å². The summed E-state index contributed by atoms with van der Waals surface area (Å²) >= 11 is 8.97. The molecular formula is C32H37ClIN3O3Si. The van der Waals surface area contributed by atoms with Crippen molar-refractivity contribution in [1.82, 2.24) is 14.5 Å². The lowest BCUT2D eigenvalue weighted by atomic mass is 9.87. The number of hydrogen-bond acceptors (Lipinski definition) is 5. The number of aromatic nitrogens is 3. The Morgan fingerprint density at radius 3 is 2.22 bits per heavy atom. The van der Waals surface area contributed by atoms with Crippen LogP contribution in [0.3, 0.4) is 0 Å². The number of rotatable bonds is 7. The summed E-state index contributed by atoms with van der Waals surface area (Å²) < 4.78 is 24.0. The molecule has 1 aliphatic heterocycles. The van der Waals surface area contributed by atoms with E-state index in [0.717, 1.165) is 21.9 Å². The Morgan fingerprint density at radius 1 is 1.00 bits per heavy atom. The maximum absolute atomic E-state index is 7.54. The Morgan fingerprint density at radius 2 is 1.63 bits per heavy atom. The number of nitrogens with zero attached hydrogens (tertiary/aromatic N) is 3. The average Bonchev–Trinajstić information content (AvgIpc) is 3.60. The minimum absolute atomic E-state index is 0.0164. The van der Waals surface area contributed by atoms with E-state index in [9.17, 15) is 0 Å². The van der Waals surface area contributed by atoms with Gasteiger partial charge >= 0.3 is 0 Å². The number of ether oxygens (including phenoxy) is 2. The van der Waals surface area contributed by atoms with Crippen LogP contribution in [0.25, 0.3) is 11.0 Å². The van der Waals surface area contributed by atoms with Crippen molar-refractivity contribution in [2.24, 2.45) is 5.41 Å². The fraction of sp³-hybridized carbons (Fsp3) is 0.438. The molecule has 0 amide bonds. The van der Waals surface area contributed by atoms with Crippen molar-refractivity contribution in [2.75, 3.05) is 11.0 Å². The Balaban J connectivity index is 1.44. The predicted octanol–water partition coefficient (Wildman–Crippen LogP) is 6.55. The fourth-order valence-electron chi connectivity index (χ4n) is 6.98. The Bertz CT molecular complexity index is 1490. The summed E-state index contributed by atoms with van der Waals surface area (Å²) in [5, 5.41) is 3.75. The first-order valence-corrected chi connectivity index (χ1v) is 18.0. The van der Waals surface area contributed by atoms with E-state index in [2.05, 4.69) is 125 Å². The van der Waals surface area contributed by atoms with Gasteiger partial charge in [-0.05, 0) is 41.7 Å². The number of fused-ring (bicyclic) bond motifs is 2. The molecule has 2 aromatic heterocycles. The van der Waals surface area contributed by atoms with Gasteiger partial charge in [0.05, 0.1) is 17.5 Å². The lowest BCUT2D eigenvalue weighted by Crippen LogP contribution is -2.67. The van der Waals surface area contributed by atoms with Crippen molar-refractivity contribution in [2.45, 2.75) is 70.1 Å². The van der Waals surface area contributed by atoms with Crippen molar-refractivity contribution in [1.29, 1.82) is 0 Å². The molecule has 1 aliphatic carbocycles. The molecule has 41 heavy (non-hydrogen) atoms. The van der Waals surface area contributed by atoms with Gasteiger partial charge in [0, 0.05) is 22.6 Å². The number of halogens is 2. The van der Waals surface area contributed by atoms with Crippen LogP contribution in [0.4, 0.5) is 0 Å². The van der Waals surface area contributed by atoms with Crippen LogP contribution in [0.5, 0.6) is 0 Å². The standard InChI is InChI=1S/C32H37ClIN3O3Si/c1-30(2,3)41(22-12-8-6-9-13-22,23-14-10-7-11-15-23)38-20-32(19-34)18-25(26-27(32)40-31(4,5)39-26)37-17-16-24-28(33)35-21-36-29(24)37/h6-17,21,25-27H,18-20H2,1-5H3/t25-,26+,27+,32?/m1/s1. The van der Waals surface area contributed by atoms with E-state index in [4.69, 9.17) is 25.5 Å². The molecule has 0 N–H and O–H groups in total. The Hall–Kier alpha value is -1.82. The summed E-state index contributed by atoms with van der Waals surface area (Å²) in [7, 11) is -2.74. The van der Waals surface area contributed by atoms with Gasteiger partial charge < -0.3 is 18.5 Å². The molecule has 1 saturated heterocycles. The molecule has 2 aromatic carbocycles. The summed E-state index contributed by atoms with van der Waals surface area (Å²) in [6, 6.07) is 23.7. The molecule has 4 atom stereocenters. The summed E-state index contributed by atoms with van der Waals surface area (Å²) in [4.78, 5) is 8.80. The number of hydrogen-bond donors (Lipinski definition) is 0. The third-order valence-corrected chi connectivity index (χ3v) is 15.6. The molecule has 2 fully saturated rings. The van der Waals surface area contributed by atoms with Gasteiger partial charge in [-0.1, -0.05) is 116 Å². The van der Waals surface area contributed by atoms with E-state index in [0.29, 0.717) is 11.8 Å². The SMILES string of the molecule is CC1(C)O[C@H]2[C@H](n3ccc4c(Cl)ncnc43)CC(CI)(CO[Si](c3ccccc3)(c3ccccc3)C(C)(C)C)[C@H]2O1. The van der Waals surface area contributed by atoms with E-state index in [1.807, 2.05) is 19.9 Å². The third-order valence-electron chi connectivity index (χ3n) is 8.80. The predicted molar refractivity (Wildman–Crippen MR) is 175 cm³/mol. The van der Waals surface area contributed by atoms with Crippen LogP contribution >= 0.6 is 34.2 Å². The van der Waals surface area contributed by atoms with Crippen LogP contribution in [0, 0.1) is 5.41 Å². The first-order chi connectivity index (χ1) is 19.5. The lowest BCUT2D eigenvalue weighted by Gasteiger charge is -2.45. The number of alkyl halides is 1. The topological polar surface area (TPSA) is 58.4 Å². The van der Waals surface area contributed by atoms with Gasteiger partial charge in [0.25, 0.3) is 8.32 Å². The zero-order chi connectivity index (χ0) is 29.0. The lowest BCUT2D eigenvalue weighted by molar-refractivity contribution is -0.169. The summed E-state index contributed by atoms with van der Waals surface area (Å²) in [5.74, 6) is -0.696. The quantitative estimate of drug-likeness (QED) is 0.0948. The molecule has 3 heterocycles. The second-order valence-corrected chi connectivity index (χ2v) is 18.3. The Labute approximate surface area is 262 Å². The highest BCUT2D eigenvalue weighted by molar-refractivity contribution is 14.1. The average molecular weight is 702 g/mol.